The molecule has 0 aliphatic carbocycles. The molecule has 0 aliphatic heterocycles. The van der Waals surface area contributed by atoms with E-state index in [9.17, 15) is 4.79 Å². The lowest BCUT2D eigenvalue weighted by Gasteiger charge is -2.06. The first kappa shape index (κ1) is 13.8. The lowest BCUT2D eigenvalue weighted by atomic mass is 10.2. The summed E-state index contributed by atoms with van der Waals surface area (Å²) in [4.78, 5) is 16.7. The first-order valence-corrected chi connectivity index (χ1v) is 7.21. The second kappa shape index (κ2) is 5.29. The zero-order valence-electron chi connectivity index (χ0n) is 11.6. The highest BCUT2D eigenvalue weighted by molar-refractivity contribution is 9.10. The Morgan fingerprint density at radius 1 is 1.29 bits per heavy atom. The normalized spacial score (nSPS) is 10.8. The highest BCUT2D eigenvalue weighted by Crippen LogP contribution is 2.23. The molecular weight excluding hydrogens is 332 g/mol. The Balaban J connectivity index is 1.93. The second-order valence-corrected chi connectivity index (χ2v) is 5.61. The Morgan fingerprint density at radius 3 is 2.81 bits per heavy atom. The summed E-state index contributed by atoms with van der Waals surface area (Å²) in [5, 5.41) is 7.98. The molecule has 1 amide bonds. The summed E-state index contributed by atoms with van der Waals surface area (Å²) >= 11 is 3.47. The van der Waals surface area contributed by atoms with Crippen molar-refractivity contribution in [1.82, 2.24) is 14.8 Å². The number of rotatable bonds is 2. The van der Waals surface area contributed by atoms with Gasteiger partial charge in [-0.3, -0.25) is 9.48 Å². The maximum Gasteiger partial charge on any atom is 0.275 e. The fraction of sp³-hybridized carbons (Fsp3) is 0.133. The van der Waals surface area contributed by atoms with E-state index in [2.05, 4.69) is 31.3 Å². The molecule has 3 rings (SSSR count). The van der Waals surface area contributed by atoms with Crippen molar-refractivity contribution in [3.8, 4) is 0 Å². The van der Waals surface area contributed by atoms with E-state index >= 15 is 0 Å². The lowest BCUT2D eigenvalue weighted by Crippen LogP contribution is -2.16. The maximum absolute atomic E-state index is 12.2. The molecule has 0 fully saturated rings. The zero-order chi connectivity index (χ0) is 15.0. The highest BCUT2D eigenvalue weighted by Gasteiger charge is 2.13. The van der Waals surface area contributed by atoms with Crippen molar-refractivity contribution in [3.63, 3.8) is 0 Å². The summed E-state index contributed by atoms with van der Waals surface area (Å²) in [6.45, 7) is 1.85. The number of benzene rings is 1. The van der Waals surface area contributed by atoms with Crippen molar-refractivity contribution in [3.05, 3.63) is 52.3 Å². The minimum Gasteiger partial charge on any atom is -0.305 e. The van der Waals surface area contributed by atoms with Gasteiger partial charge in [0.15, 0.2) is 0 Å². The van der Waals surface area contributed by atoms with Crippen LogP contribution in [-0.4, -0.2) is 20.7 Å². The number of carbonyl (C=O) groups is 1. The third-order valence-electron chi connectivity index (χ3n) is 3.15. The molecule has 0 radical (unpaired) electrons. The number of carbonyl (C=O) groups excluding carboxylic acids is 1. The maximum atomic E-state index is 12.2. The van der Waals surface area contributed by atoms with Crippen LogP contribution >= 0.6 is 15.9 Å². The molecule has 2 heterocycles. The van der Waals surface area contributed by atoms with E-state index in [1.54, 1.807) is 23.9 Å². The molecule has 5 nitrogen and oxygen atoms in total. The van der Waals surface area contributed by atoms with Crippen molar-refractivity contribution in [2.24, 2.45) is 7.05 Å². The van der Waals surface area contributed by atoms with E-state index in [1.807, 2.05) is 31.2 Å². The van der Waals surface area contributed by atoms with Gasteiger partial charge in [-0.1, -0.05) is 12.1 Å². The molecule has 0 bridgehead atoms. The molecule has 0 unspecified atom stereocenters. The highest BCUT2D eigenvalue weighted by atomic mass is 79.9. The number of hydrogen-bond donors (Lipinski definition) is 1. The van der Waals surface area contributed by atoms with Crippen LogP contribution in [0.15, 0.2) is 40.9 Å². The number of hydrogen-bond acceptors (Lipinski definition) is 3. The minimum absolute atomic E-state index is 0.225. The Morgan fingerprint density at radius 2 is 2.10 bits per heavy atom. The molecule has 1 aromatic carbocycles. The van der Waals surface area contributed by atoms with Gasteiger partial charge in [0.2, 0.25) is 0 Å². The Bertz CT molecular complexity index is 841. The van der Waals surface area contributed by atoms with Gasteiger partial charge < -0.3 is 5.32 Å². The predicted molar refractivity (Wildman–Crippen MR) is 85.3 cm³/mol. The van der Waals surface area contributed by atoms with Gasteiger partial charge in [0.1, 0.15) is 11.5 Å². The Kier molecular flexibility index (Phi) is 3.47. The predicted octanol–water partition coefficient (Wildman–Crippen LogP) is 3.29. The van der Waals surface area contributed by atoms with Crippen molar-refractivity contribution in [2.45, 2.75) is 6.92 Å². The molecule has 0 aliphatic rings. The molecule has 1 N–H and O–H groups in total. The van der Waals surface area contributed by atoms with E-state index in [0.29, 0.717) is 11.5 Å². The van der Waals surface area contributed by atoms with Crippen molar-refractivity contribution < 1.29 is 4.79 Å². The van der Waals surface area contributed by atoms with Crippen molar-refractivity contribution in [2.75, 3.05) is 5.32 Å². The van der Waals surface area contributed by atoms with Gasteiger partial charge in [-0.05, 0) is 47.1 Å². The summed E-state index contributed by atoms with van der Waals surface area (Å²) in [6.07, 6.45) is 0. The van der Waals surface area contributed by atoms with E-state index in [1.165, 1.54) is 0 Å². The van der Waals surface area contributed by atoms with Crippen LogP contribution in [0.25, 0.3) is 10.9 Å². The molecule has 106 valence electrons. The first-order chi connectivity index (χ1) is 10.0. The molecule has 0 spiro atoms. The number of para-hydroxylation sites is 1. The van der Waals surface area contributed by atoms with E-state index < -0.39 is 0 Å². The van der Waals surface area contributed by atoms with Crippen LogP contribution in [0.4, 0.5) is 5.82 Å². The van der Waals surface area contributed by atoms with Crippen LogP contribution in [0.5, 0.6) is 0 Å². The fourth-order valence-corrected chi connectivity index (χ4v) is 2.65. The molecule has 0 saturated carbocycles. The van der Waals surface area contributed by atoms with Crippen LogP contribution in [-0.2, 0) is 7.05 Å². The number of amides is 1. The third-order valence-corrected chi connectivity index (χ3v) is 3.79. The number of fused-ring (bicyclic) bond motifs is 1. The monoisotopic (exact) mass is 344 g/mol. The number of aryl methyl sites for hydroxylation is 2. The van der Waals surface area contributed by atoms with Gasteiger partial charge >= 0.3 is 0 Å². The number of halogens is 1. The third kappa shape index (κ3) is 2.67. The number of nitrogens with zero attached hydrogens (tertiary/aromatic N) is 3. The van der Waals surface area contributed by atoms with Gasteiger partial charge in [-0.25, -0.2) is 4.98 Å². The summed E-state index contributed by atoms with van der Waals surface area (Å²) in [5.74, 6) is 0.287. The van der Waals surface area contributed by atoms with Crippen LogP contribution < -0.4 is 5.32 Å². The zero-order valence-corrected chi connectivity index (χ0v) is 13.2. The second-order valence-electron chi connectivity index (χ2n) is 4.76. The lowest BCUT2D eigenvalue weighted by molar-refractivity contribution is 0.101. The molecular formula is C15H13BrN4O. The standard InChI is InChI=1S/C15H13BrN4O/c1-9-8-12(20(2)19-9)15(21)18-13-7-6-10-4-3-5-11(16)14(10)17-13/h3-8H,1-2H3,(H,17,18,21). The molecule has 6 heteroatoms. The topological polar surface area (TPSA) is 59.8 Å². The minimum atomic E-state index is -0.225. The number of aromatic nitrogens is 3. The largest absolute Gasteiger partial charge is 0.305 e. The van der Waals surface area contributed by atoms with Gasteiger partial charge in [0.25, 0.3) is 5.91 Å². The Hall–Kier alpha value is -2.21. The average molecular weight is 345 g/mol. The number of pyridine rings is 1. The van der Waals surface area contributed by atoms with Crippen LogP contribution in [0.2, 0.25) is 0 Å². The van der Waals surface area contributed by atoms with Crippen LogP contribution in [0, 0.1) is 6.92 Å². The van der Waals surface area contributed by atoms with Gasteiger partial charge in [-0.2, -0.15) is 5.10 Å². The molecule has 21 heavy (non-hydrogen) atoms. The SMILES string of the molecule is Cc1cc(C(=O)Nc2ccc3cccc(Br)c3n2)n(C)n1. The summed E-state index contributed by atoms with van der Waals surface area (Å²) in [6, 6.07) is 11.3. The quantitative estimate of drug-likeness (QED) is 0.775. The van der Waals surface area contributed by atoms with Crippen LogP contribution in [0.1, 0.15) is 16.2 Å². The van der Waals surface area contributed by atoms with Gasteiger partial charge in [0.05, 0.1) is 11.2 Å². The average Bonchev–Trinajstić information content (AvgIpc) is 2.79. The Labute approximate surface area is 130 Å². The molecule has 2 aromatic heterocycles. The van der Waals surface area contributed by atoms with Gasteiger partial charge in [0, 0.05) is 16.9 Å². The first-order valence-electron chi connectivity index (χ1n) is 6.42. The van der Waals surface area contributed by atoms with E-state index in [0.717, 1.165) is 21.1 Å². The number of nitrogens with one attached hydrogen (secondary N) is 1. The fourth-order valence-electron chi connectivity index (χ4n) is 2.18. The number of anilines is 1. The molecule has 0 saturated heterocycles. The molecule has 0 atom stereocenters. The smallest absolute Gasteiger partial charge is 0.275 e. The summed E-state index contributed by atoms with van der Waals surface area (Å²) in [7, 11) is 1.74. The summed E-state index contributed by atoms with van der Waals surface area (Å²) in [5.41, 5.74) is 2.12. The van der Waals surface area contributed by atoms with E-state index in [-0.39, 0.29) is 5.91 Å². The van der Waals surface area contributed by atoms with Crippen molar-refractivity contribution in [1.29, 1.82) is 0 Å². The van der Waals surface area contributed by atoms with E-state index in [4.69, 9.17) is 0 Å². The van der Waals surface area contributed by atoms with Crippen LogP contribution in [0.3, 0.4) is 0 Å². The van der Waals surface area contributed by atoms with Crippen molar-refractivity contribution >= 4 is 38.6 Å². The summed E-state index contributed by atoms with van der Waals surface area (Å²) < 4.78 is 2.45. The molecule has 3 aromatic rings. The van der Waals surface area contributed by atoms with Gasteiger partial charge in [-0.15, -0.1) is 0 Å².